The fourth-order valence-electron chi connectivity index (χ4n) is 2.96. The van der Waals surface area contributed by atoms with E-state index >= 15 is 0 Å². The Kier molecular flexibility index (Phi) is 5.41. The highest BCUT2D eigenvalue weighted by Gasteiger charge is 2.27. The van der Waals surface area contributed by atoms with Gasteiger partial charge in [0.05, 0.1) is 12.2 Å². The molecule has 106 valence electrons. The Morgan fingerprint density at radius 3 is 2.42 bits per heavy atom. The summed E-state index contributed by atoms with van der Waals surface area (Å²) in [4.78, 5) is 0. The maximum Gasteiger partial charge on any atom is 0.0731 e. The first-order valence-corrected chi connectivity index (χ1v) is 7.63. The first-order valence-electron chi connectivity index (χ1n) is 7.63. The van der Waals surface area contributed by atoms with Crippen LogP contribution in [0.1, 0.15) is 58.1 Å². The van der Waals surface area contributed by atoms with E-state index in [9.17, 15) is 0 Å². The molecule has 19 heavy (non-hydrogen) atoms. The molecule has 0 aromatic heterocycles. The van der Waals surface area contributed by atoms with Gasteiger partial charge in [-0.1, -0.05) is 43.2 Å². The van der Waals surface area contributed by atoms with Gasteiger partial charge >= 0.3 is 0 Å². The van der Waals surface area contributed by atoms with Gasteiger partial charge in [-0.05, 0) is 39.2 Å². The average Bonchev–Trinajstić information content (AvgIpc) is 2.41. The van der Waals surface area contributed by atoms with Crippen molar-refractivity contribution in [3.8, 4) is 0 Å². The minimum absolute atomic E-state index is 0.319. The summed E-state index contributed by atoms with van der Waals surface area (Å²) in [7, 11) is 0. The Balaban J connectivity index is 1.95. The summed E-state index contributed by atoms with van der Waals surface area (Å²) < 4.78 is 6.08. The quantitative estimate of drug-likeness (QED) is 0.862. The van der Waals surface area contributed by atoms with Crippen molar-refractivity contribution in [2.75, 3.05) is 0 Å². The van der Waals surface area contributed by atoms with Crippen LogP contribution in [0.5, 0.6) is 0 Å². The normalized spacial score (nSPS) is 25.5. The van der Waals surface area contributed by atoms with Crippen molar-refractivity contribution in [2.45, 2.75) is 70.7 Å². The minimum atomic E-state index is 0.319. The van der Waals surface area contributed by atoms with Gasteiger partial charge in [-0.2, -0.15) is 0 Å². The fourth-order valence-corrected chi connectivity index (χ4v) is 2.96. The Bertz CT molecular complexity index is 363. The number of hydrogen-bond acceptors (Lipinski definition) is 2. The van der Waals surface area contributed by atoms with E-state index in [1.54, 1.807) is 0 Å². The summed E-state index contributed by atoms with van der Waals surface area (Å²) in [5.41, 5.74) is 1.36. The monoisotopic (exact) mass is 261 g/mol. The van der Waals surface area contributed by atoms with Gasteiger partial charge in [-0.25, -0.2) is 0 Å². The van der Waals surface area contributed by atoms with Crippen LogP contribution >= 0.6 is 0 Å². The molecular weight excluding hydrogens is 234 g/mol. The SMILES string of the molecule is CC(C)O[C@H]1CCCC[C@H]1N[C@H](C)c1ccccc1. The lowest BCUT2D eigenvalue weighted by atomic mass is 9.91. The van der Waals surface area contributed by atoms with Gasteiger partial charge in [0, 0.05) is 12.1 Å². The molecule has 2 rings (SSSR count). The highest BCUT2D eigenvalue weighted by molar-refractivity contribution is 5.18. The Hall–Kier alpha value is -0.860. The van der Waals surface area contributed by atoms with Crippen molar-refractivity contribution >= 4 is 0 Å². The molecule has 1 aromatic carbocycles. The lowest BCUT2D eigenvalue weighted by molar-refractivity contribution is -0.0328. The Morgan fingerprint density at radius 1 is 1.05 bits per heavy atom. The van der Waals surface area contributed by atoms with E-state index in [4.69, 9.17) is 4.74 Å². The first-order chi connectivity index (χ1) is 9.16. The molecule has 0 bridgehead atoms. The van der Waals surface area contributed by atoms with Gasteiger partial charge in [0.15, 0.2) is 0 Å². The number of rotatable bonds is 5. The van der Waals surface area contributed by atoms with Gasteiger partial charge in [0.25, 0.3) is 0 Å². The van der Waals surface area contributed by atoms with Crippen molar-refractivity contribution in [3.63, 3.8) is 0 Å². The smallest absolute Gasteiger partial charge is 0.0731 e. The van der Waals surface area contributed by atoms with Crippen LogP contribution in [0.4, 0.5) is 0 Å². The van der Waals surface area contributed by atoms with Gasteiger partial charge in [0.1, 0.15) is 0 Å². The minimum Gasteiger partial charge on any atom is -0.374 e. The molecule has 0 unspecified atom stereocenters. The van der Waals surface area contributed by atoms with Crippen LogP contribution in [0.3, 0.4) is 0 Å². The van der Waals surface area contributed by atoms with Crippen molar-refractivity contribution in [2.24, 2.45) is 0 Å². The molecule has 0 saturated heterocycles. The second kappa shape index (κ2) is 7.06. The van der Waals surface area contributed by atoms with E-state index in [2.05, 4.69) is 56.4 Å². The standard InChI is InChI=1S/C17H27NO/c1-13(2)19-17-12-8-7-11-16(17)18-14(3)15-9-5-4-6-10-15/h4-6,9-10,13-14,16-18H,7-8,11-12H2,1-3H3/t14-,16-,17+/m1/s1. The van der Waals surface area contributed by atoms with E-state index in [0.29, 0.717) is 24.3 Å². The molecule has 2 heteroatoms. The van der Waals surface area contributed by atoms with Gasteiger partial charge in [-0.15, -0.1) is 0 Å². The third-order valence-electron chi connectivity index (χ3n) is 3.91. The molecule has 1 aromatic rings. The van der Waals surface area contributed by atoms with E-state index in [0.717, 1.165) is 0 Å². The van der Waals surface area contributed by atoms with E-state index < -0.39 is 0 Å². The molecule has 1 aliphatic rings. The zero-order valence-electron chi connectivity index (χ0n) is 12.4. The number of nitrogens with one attached hydrogen (secondary N) is 1. The third-order valence-corrected chi connectivity index (χ3v) is 3.91. The summed E-state index contributed by atoms with van der Waals surface area (Å²) >= 11 is 0. The van der Waals surface area contributed by atoms with Crippen molar-refractivity contribution in [1.82, 2.24) is 5.32 Å². The highest BCUT2D eigenvalue weighted by Crippen LogP contribution is 2.25. The molecule has 2 nitrogen and oxygen atoms in total. The molecule has 1 fully saturated rings. The molecule has 0 heterocycles. The fraction of sp³-hybridized carbons (Fsp3) is 0.647. The zero-order chi connectivity index (χ0) is 13.7. The second-order valence-corrected chi connectivity index (χ2v) is 5.91. The highest BCUT2D eigenvalue weighted by atomic mass is 16.5. The molecule has 3 atom stereocenters. The molecule has 0 spiro atoms. The molecule has 1 aliphatic carbocycles. The van der Waals surface area contributed by atoms with Crippen molar-refractivity contribution < 1.29 is 4.74 Å². The summed E-state index contributed by atoms with van der Waals surface area (Å²) in [6, 6.07) is 11.6. The van der Waals surface area contributed by atoms with Crippen LogP contribution in [0.15, 0.2) is 30.3 Å². The zero-order valence-corrected chi connectivity index (χ0v) is 12.4. The van der Waals surface area contributed by atoms with Crippen LogP contribution < -0.4 is 5.32 Å². The van der Waals surface area contributed by atoms with Gasteiger partial charge in [-0.3, -0.25) is 0 Å². The molecule has 1 saturated carbocycles. The van der Waals surface area contributed by atoms with Crippen LogP contribution in [0, 0.1) is 0 Å². The van der Waals surface area contributed by atoms with Crippen LogP contribution in [0.2, 0.25) is 0 Å². The molecule has 0 amide bonds. The maximum absolute atomic E-state index is 6.08. The van der Waals surface area contributed by atoms with Crippen molar-refractivity contribution in [3.05, 3.63) is 35.9 Å². The predicted octanol–water partition coefficient (Wildman–Crippen LogP) is 4.07. The molecule has 0 aliphatic heterocycles. The molecule has 0 radical (unpaired) electrons. The van der Waals surface area contributed by atoms with Crippen LogP contribution in [0.25, 0.3) is 0 Å². The van der Waals surface area contributed by atoms with E-state index in [1.165, 1.54) is 31.2 Å². The number of hydrogen-bond donors (Lipinski definition) is 1. The molecule has 1 N–H and O–H groups in total. The van der Waals surface area contributed by atoms with Crippen LogP contribution in [-0.4, -0.2) is 18.2 Å². The topological polar surface area (TPSA) is 21.3 Å². The maximum atomic E-state index is 6.08. The second-order valence-electron chi connectivity index (χ2n) is 5.91. The third kappa shape index (κ3) is 4.32. The lowest BCUT2D eigenvalue weighted by Gasteiger charge is -2.35. The van der Waals surface area contributed by atoms with E-state index in [1.807, 2.05) is 0 Å². The van der Waals surface area contributed by atoms with Gasteiger partial charge in [0.2, 0.25) is 0 Å². The first kappa shape index (κ1) is 14.5. The predicted molar refractivity (Wildman–Crippen MR) is 80.3 cm³/mol. The summed E-state index contributed by atoms with van der Waals surface area (Å²) in [6.45, 7) is 6.51. The van der Waals surface area contributed by atoms with E-state index in [-0.39, 0.29) is 0 Å². The average molecular weight is 261 g/mol. The van der Waals surface area contributed by atoms with Crippen molar-refractivity contribution in [1.29, 1.82) is 0 Å². The summed E-state index contributed by atoms with van der Waals surface area (Å²) in [5, 5.41) is 3.77. The number of ether oxygens (including phenoxy) is 1. The largest absolute Gasteiger partial charge is 0.374 e. The number of benzene rings is 1. The summed E-state index contributed by atoms with van der Waals surface area (Å²) in [5.74, 6) is 0. The summed E-state index contributed by atoms with van der Waals surface area (Å²) in [6.07, 6.45) is 5.73. The molecular formula is C17H27NO. The van der Waals surface area contributed by atoms with Crippen LogP contribution in [-0.2, 0) is 4.74 Å². The van der Waals surface area contributed by atoms with Gasteiger partial charge < -0.3 is 10.1 Å². The Labute approximate surface area is 117 Å². The Morgan fingerprint density at radius 2 is 1.74 bits per heavy atom. The lowest BCUT2D eigenvalue weighted by Crippen LogP contribution is -2.45.